The molecule has 0 bridgehead atoms. The van der Waals surface area contributed by atoms with Crippen molar-refractivity contribution in [2.24, 2.45) is 0 Å². The van der Waals surface area contributed by atoms with Crippen molar-refractivity contribution in [1.82, 2.24) is 15.5 Å². The molecule has 2 amide bonds. The Bertz CT molecular complexity index is 447. The molecule has 0 unspecified atom stereocenters. The smallest absolute Gasteiger partial charge is 0.234 e. The van der Waals surface area contributed by atoms with Crippen molar-refractivity contribution < 1.29 is 9.59 Å². The topological polar surface area (TPSA) is 61.4 Å². The van der Waals surface area contributed by atoms with Crippen LogP contribution in [-0.4, -0.2) is 42.9 Å². The van der Waals surface area contributed by atoms with Crippen molar-refractivity contribution in [3.63, 3.8) is 0 Å². The molecule has 1 saturated heterocycles. The molecular weight excluding hydrogens is 274 g/mol. The number of hydrogen-bond donors (Lipinski definition) is 2. The molecule has 0 spiro atoms. The van der Waals surface area contributed by atoms with Crippen LogP contribution in [0.2, 0.25) is 0 Å². The second kappa shape index (κ2) is 7.40. The van der Waals surface area contributed by atoms with Crippen LogP contribution in [0.15, 0.2) is 17.5 Å². The Labute approximate surface area is 123 Å². The molecule has 1 aliphatic rings. The number of hydrogen-bond acceptors (Lipinski definition) is 4. The van der Waals surface area contributed by atoms with E-state index in [-0.39, 0.29) is 11.8 Å². The number of amides is 2. The Morgan fingerprint density at radius 2 is 2.20 bits per heavy atom. The van der Waals surface area contributed by atoms with E-state index in [4.69, 9.17) is 0 Å². The molecule has 0 aliphatic carbocycles. The first kappa shape index (κ1) is 15.0. The third kappa shape index (κ3) is 4.31. The number of thiophene rings is 1. The van der Waals surface area contributed by atoms with E-state index >= 15 is 0 Å². The molecule has 110 valence electrons. The van der Waals surface area contributed by atoms with E-state index in [1.54, 1.807) is 11.3 Å². The Kier molecular flexibility index (Phi) is 5.55. The summed E-state index contributed by atoms with van der Waals surface area (Å²) in [5.41, 5.74) is 0. The first-order valence-corrected chi connectivity index (χ1v) is 7.83. The lowest BCUT2D eigenvalue weighted by Gasteiger charge is -2.22. The monoisotopic (exact) mass is 295 g/mol. The van der Waals surface area contributed by atoms with Crippen molar-refractivity contribution in [2.75, 3.05) is 26.2 Å². The summed E-state index contributed by atoms with van der Waals surface area (Å²) in [5.74, 6) is -0.0460. The van der Waals surface area contributed by atoms with Crippen LogP contribution in [0.4, 0.5) is 0 Å². The highest BCUT2D eigenvalue weighted by atomic mass is 32.1. The lowest BCUT2D eigenvalue weighted by atomic mass is 10.2. The highest BCUT2D eigenvalue weighted by molar-refractivity contribution is 7.10. The summed E-state index contributed by atoms with van der Waals surface area (Å²) in [6.45, 7) is 3.84. The average molecular weight is 295 g/mol. The lowest BCUT2D eigenvalue weighted by molar-refractivity contribution is -0.123. The van der Waals surface area contributed by atoms with E-state index in [9.17, 15) is 9.59 Å². The van der Waals surface area contributed by atoms with Gasteiger partial charge in [-0.2, -0.15) is 0 Å². The third-order valence-corrected chi connectivity index (χ3v) is 4.38. The van der Waals surface area contributed by atoms with Gasteiger partial charge in [0.1, 0.15) is 0 Å². The summed E-state index contributed by atoms with van der Waals surface area (Å²) in [4.78, 5) is 26.2. The first-order valence-electron chi connectivity index (χ1n) is 6.95. The Balaban J connectivity index is 1.74. The van der Waals surface area contributed by atoms with E-state index in [1.807, 2.05) is 0 Å². The SMILES string of the molecule is CC(=O)NCCNC(=O)CN1CCC[C@@H]1c1cccs1. The standard InChI is InChI=1S/C14H21N3O2S/c1-11(18)15-6-7-16-14(19)10-17-8-2-4-12(17)13-5-3-9-20-13/h3,5,9,12H,2,4,6-8,10H2,1H3,(H,15,18)(H,16,19)/t12-/m1/s1. The highest BCUT2D eigenvalue weighted by Gasteiger charge is 2.27. The number of carbonyl (C=O) groups is 2. The number of nitrogens with one attached hydrogen (secondary N) is 2. The molecule has 1 fully saturated rings. The van der Waals surface area contributed by atoms with Gasteiger partial charge in [0, 0.05) is 30.9 Å². The van der Waals surface area contributed by atoms with Crippen LogP contribution in [0, 0.1) is 0 Å². The quantitative estimate of drug-likeness (QED) is 0.774. The molecule has 0 aromatic carbocycles. The van der Waals surface area contributed by atoms with Crippen molar-refractivity contribution in [3.05, 3.63) is 22.4 Å². The van der Waals surface area contributed by atoms with Crippen molar-refractivity contribution in [1.29, 1.82) is 0 Å². The van der Waals surface area contributed by atoms with Crippen LogP contribution >= 0.6 is 11.3 Å². The maximum Gasteiger partial charge on any atom is 0.234 e. The maximum absolute atomic E-state index is 11.9. The van der Waals surface area contributed by atoms with E-state index in [0.29, 0.717) is 25.7 Å². The molecule has 0 saturated carbocycles. The minimum Gasteiger partial charge on any atom is -0.355 e. The number of rotatable bonds is 6. The van der Waals surface area contributed by atoms with Crippen LogP contribution in [0.25, 0.3) is 0 Å². The predicted octanol–water partition coefficient (Wildman–Crippen LogP) is 1.14. The molecule has 20 heavy (non-hydrogen) atoms. The van der Waals surface area contributed by atoms with Gasteiger partial charge in [0.2, 0.25) is 11.8 Å². The minimum atomic E-state index is -0.0726. The molecule has 2 N–H and O–H groups in total. The zero-order valence-electron chi connectivity index (χ0n) is 11.7. The van der Waals surface area contributed by atoms with E-state index in [1.165, 1.54) is 11.8 Å². The van der Waals surface area contributed by atoms with Crippen molar-refractivity contribution in [3.8, 4) is 0 Å². The van der Waals surface area contributed by atoms with Gasteiger partial charge < -0.3 is 10.6 Å². The Hall–Kier alpha value is -1.40. The van der Waals surface area contributed by atoms with Gasteiger partial charge in [0.05, 0.1) is 6.54 Å². The molecule has 2 heterocycles. The minimum absolute atomic E-state index is 0.0267. The second-order valence-corrected chi connectivity index (χ2v) is 5.96. The highest BCUT2D eigenvalue weighted by Crippen LogP contribution is 2.33. The molecular formula is C14H21N3O2S. The second-order valence-electron chi connectivity index (χ2n) is 4.98. The summed E-state index contributed by atoms with van der Waals surface area (Å²) >= 11 is 1.75. The van der Waals surface area contributed by atoms with Crippen LogP contribution in [0.5, 0.6) is 0 Å². The number of nitrogens with zero attached hydrogens (tertiary/aromatic N) is 1. The van der Waals surface area contributed by atoms with E-state index in [2.05, 4.69) is 33.0 Å². The molecule has 0 radical (unpaired) electrons. The summed E-state index contributed by atoms with van der Waals surface area (Å²) in [6.07, 6.45) is 2.27. The molecule has 1 atom stereocenters. The first-order chi connectivity index (χ1) is 9.66. The molecule has 6 heteroatoms. The van der Waals surface area contributed by atoms with Gasteiger partial charge in [-0.05, 0) is 30.8 Å². The molecule has 2 rings (SSSR count). The summed E-state index contributed by atoms with van der Waals surface area (Å²) < 4.78 is 0. The Morgan fingerprint density at radius 1 is 1.40 bits per heavy atom. The largest absolute Gasteiger partial charge is 0.355 e. The lowest BCUT2D eigenvalue weighted by Crippen LogP contribution is -2.40. The molecule has 5 nitrogen and oxygen atoms in total. The molecule has 1 aliphatic heterocycles. The fourth-order valence-electron chi connectivity index (χ4n) is 2.50. The van der Waals surface area contributed by atoms with Gasteiger partial charge in [-0.3, -0.25) is 14.5 Å². The Morgan fingerprint density at radius 3 is 2.90 bits per heavy atom. The van der Waals surface area contributed by atoms with E-state index in [0.717, 1.165) is 19.4 Å². The zero-order valence-corrected chi connectivity index (χ0v) is 12.5. The third-order valence-electron chi connectivity index (χ3n) is 3.40. The van der Waals surface area contributed by atoms with Gasteiger partial charge in [-0.25, -0.2) is 0 Å². The fourth-order valence-corrected chi connectivity index (χ4v) is 3.39. The summed E-state index contributed by atoms with van der Waals surface area (Å²) in [5, 5.41) is 7.58. The van der Waals surface area contributed by atoms with Crippen LogP contribution < -0.4 is 10.6 Å². The normalized spacial score (nSPS) is 18.9. The molecule has 1 aromatic rings. The van der Waals surface area contributed by atoms with E-state index < -0.39 is 0 Å². The van der Waals surface area contributed by atoms with Gasteiger partial charge >= 0.3 is 0 Å². The summed E-state index contributed by atoms with van der Waals surface area (Å²) in [6, 6.07) is 4.59. The van der Waals surface area contributed by atoms with Crippen LogP contribution in [0.1, 0.15) is 30.7 Å². The predicted molar refractivity (Wildman–Crippen MR) is 79.6 cm³/mol. The maximum atomic E-state index is 11.9. The number of likely N-dealkylation sites (tertiary alicyclic amines) is 1. The van der Waals surface area contributed by atoms with Crippen LogP contribution in [0.3, 0.4) is 0 Å². The number of carbonyl (C=O) groups excluding carboxylic acids is 2. The average Bonchev–Trinajstić information content (AvgIpc) is 3.04. The van der Waals surface area contributed by atoms with Crippen molar-refractivity contribution in [2.45, 2.75) is 25.8 Å². The van der Waals surface area contributed by atoms with Crippen LogP contribution in [-0.2, 0) is 9.59 Å². The fraction of sp³-hybridized carbons (Fsp3) is 0.571. The molecule has 1 aromatic heterocycles. The van der Waals surface area contributed by atoms with Gasteiger partial charge in [0.15, 0.2) is 0 Å². The van der Waals surface area contributed by atoms with Crippen molar-refractivity contribution >= 4 is 23.2 Å². The summed E-state index contributed by atoms with van der Waals surface area (Å²) in [7, 11) is 0. The van der Waals surface area contributed by atoms with Gasteiger partial charge in [-0.15, -0.1) is 11.3 Å². The van der Waals surface area contributed by atoms with Gasteiger partial charge in [0.25, 0.3) is 0 Å². The zero-order chi connectivity index (χ0) is 14.4. The van der Waals surface area contributed by atoms with Gasteiger partial charge in [-0.1, -0.05) is 6.07 Å².